The van der Waals surface area contributed by atoms with E-state index in [1.54, 1.807) is 12.1 Å². The zero-order valence-electron chi connectivity index (χ0n) is 8.66. The molecule has 0 heterocycles. The van der Waals surface area contributed by atoms with Gasteiger partial charge in [0.1, 0.15) is 0 Å². The van der Waals surface area contributed by atoms with E-state index in [2.05, 4.69) is 5.32 Å². The van der Waals surface area contributed by atoms with Gasteiger partial charge in [-0.15, -0.1) is 0 Å². The van der Waals surface area contributed by atoms with Crippen LogP contribution >= 0.6 is 11.6 Å². The van der Waals surface area contributed by atoms with Crippen LogP contribution in [0.15, 0.2) is 24.3 Å². The van der Waals surface area contributed by atoms with E-state index >= 15 is 0 Å². The van der Waals surface area contributed by atoms with Crippen LogP contribution in [0, 0.1) is 0 Å². The second-order valence-corrected chi connectivity index (χ2v) is 3.80. The molecule has 3 N–H and O–H groups in total. The van der Waals surface area contributed by atoms with Gasteiger partial charge in [-0.05, 0) is 24.1 Å². The molecule has 0 unspecified atom stereocenters. The van der Waals surface area contributed by atoms with Gasteiger partial charge in [-0.25, -0.2) is 0 Å². The highest BCUT2D eigenvalue weighted by Crippen LogP contribution is 2.09. The highest BCUT2D eigenvalue weighted by atomic mass is 35.5. The van der Waals surface area contributed by atoms with Gasteiger partial charge in [0.2, 0.25) is 5.91 Å². The van der Waals surface area contributed by atoms with Gasteiger partial charge >= 0.3 is 0 Å². The van der Waals surface area contributed by atoms with Crippen molar-refractivity contribution in [2.45, 2.75) is 25.9 Å². The number of nitrogens with one attached hydrogen (secondary N) is 1. The average Bonchev–Trinajstić information content (AvgIpc) is 2.26. The molecule has 0 aliphatic carbocycles. The first kappa shape index (κ1) is 12.0. The van der Waals surface area contributed by atoms with Crippen molar-refractivity contribution in [3.63, 3.8) is 0 Å². The molecule has 1 atom stereocenters. The van der Waals surface area contributed by atoms with Crippen LogP contribution in [0.3, 0.4) is 0 Å². The summed E-state index contributed by atoms with van der Waals surface area (Å²) in [7, 11) is 0. The molecule has 0 saturated carbocycles. The van der Waals surface area contributed by atoms with Gasteiger partial charge in [0, 0.05) is 11.6 Å². The summed E-state index contributed by atoms with van der Waals surface area (Å²) in [6.45, 7) is 2.37. The number of hydrogen-bond donors (Lipinski definition) is 2. The first-order valence-corrected chi connectivity index (χ1v) is 5.29. The summed E-state index contributed by atoms with van der Waals surface area (Å²) in [4.78, 5) is 11.4. The highest BCUT2D eigenvalue weighted by Gasteiger charge is 2.09. The van der Waals surface area contributed by atoms with Crippen molar-refractivity contribution in [3.8, 4) is 0 Å². The molecule has 1 rings (SSSR count). The molecular formula is C11H15ClN2O. The average molecular weight is 227 g/mol. The summed E-state index contributed by atoms with van der Waals surface area (Å²) in [6, 6.07) is 6.92. The van der Waals surface area contributed by atoms with Crippen LogP contribution in [0.1, 0.15) is 18.9 Å². The van der Waals surface area contributed by atoms with E-state index in [1.807, 2.05) is 19.1 Å². The number of rotatable bonds is 4. The number of amides is 1. The molecule has 4 heteroatoms. The third kappa shape index (κ3) is 3.90. The Morgan fingerprint density at radius 3 is 2.60 bits per heavy atom. The molecule has 0 aliphatic rings. The third-order valence-corrected chi connectivity index (χ3v) is 2.41. The molecule has 0 fully saturated rings. The van der Waals surface area contributed by atoms with E-state index in [0.717, 1.165) is 5.56 Å². The topological polar surface area (TPSA) is 55.1 Å². The molecule has 0 bridgehead atoms. The monoisotopic (exact) mass is 226 g/mol. The second-order valence-electron chi connectivity index (χ2n) is 3.36. The normalized spacial score (nSPS) is 12.2. The van der Waals surface area contributed by atoms with E-state index in [0.29, 0.717) is 18.0 Å². The van der Waals surface area contributed by atoms with Gasteiger partial charge in [-0.1, -0.05) is 30.7 Å². The molecule has 0 spiro atoms. The molecule has 1 amide bonds. The molecular weight excluding hydrogens is 212 g/mol. The van der Waals surface area contributed by atoms with E-state index in [1.165, 1.54) is 0 Å². The summed E-state index contributed by atoms with van der Waals surface area (Å²) in [5, 5.41) is 3.45. The summed E-state index contributed by atoms with van der Waals surface area (Å²) >= 11 is 5.74. The first-order chi connectivity index (χ1) is 7.13. The number of carbonyl (C=O) groups is 1. The molecule has 0 aromatic heterocycles. The van der Waals surface area contributed by atoms with Crippen LogP contribution in [-0.4, -0.2) is 11.9 Å². The zero-order valence-corrected chi connectivity index (χ0v) is 9.42. The van der Waals surface area contributed by atoms with Crippen molar-refractivity contribution < 1.29 is 4.79 Å². The lowest BCUT2D eigenvalue weighted by atomic mass is 10.2. The minimum atomic E-state index is -0.419. The first-order valence-electron chi connectivity index (χ1n) is 4.91. The predicted molar refractivity (Wildman–Crippen MR) is 61.6 cm³/mol. The van der Waals surface area contributed by atoms with Crippen LogP contribution in [0.4, 0.5) is 0 Å². The van der Waals surface area contributed by atoms with Crippen LogP contribution in [-0.2, 0) is 11.3 Å². The van der Waals surface area contributed by atoms with E-state index in [9.17, 15) is 4.79 Å². The molecule has 1 aromatic rings. The largest absolute Gasteiger partial charge is 0.351 e. The molecule has 82 valence electrons. The Balaban J connectivity index is 2.43. The minimum Gasteiger partial charge on any atom is -0.351 e. The number of halogens is 1. The van der Waals surface area contributed by atoms with Crippen molar-refractivity contribution >= 4 is 17.5 Å². The Labute approximate surface area is 94.6 Å². The van der Waals surface area contributed by atoms with Gasteiger partial charge < -0.3 is 11.1 Å². The molecule has 1 aromatic carbocycles. The predicted octanol–water partition coefficient (Wildman–Crippen LogP) is 1.69. The molecule has 0 aliphatic heterocycles. The minimum absolute atomic E-state index is 0.118. The third-order valence-electron chi connectivity index (χ3n) is 2.16. The Bertz CT molecular complexity index is 324. The lowest BCUT2D eigenvalue weighted by Gasteiger charge is -2.09. The lowest BCUT2D eigenvalue weighted by Crippen LogP contribution is -2.39. The van der Waals surface area contributed by atoms with Gasteiger partial charge in [0.15, 0.2) is 0 Å². The lowest BCUT2D eigenvalue weighted by molar-refractivity contribution is -0.122. The van der Waals surface area contributed by atoms with Crippen LogP contribution in [0.25, 0.3) is 0 Å². The quantitative estimate of drug-likeness (QED) is 0.821. The Kier molecular flexibility index (Phi) is 4.59. The van der Waals surface area contributed by atoms with Crippen LogP contribution < -0.4 is 11.1 Å². The molecule has 3 nitrogen and oxygen atoms in total. The van der Waals surface area contributed by atoms with Gasteiger partial charge in [0.05, 0.1) is 6.04 Å². The number of nitrogens with two attached hydrogens (primary N) is 1. The SMILES string of the molecule is CC[C@H](N)C(=O)NCc1ccc(Cl)cc1. The smallest absolute Gasteiger partial charge is 0.237 e. The van der Waals surface area contributed by atoms with E-state index < -0.39 is 6.04 Å². The second kappa shape index (κ2) is 5.73. The molecule has 15 heavy (non-hydrogen) atoms. The molecule has 0 saturated heterocycles. The fraction of sp³-hybridized carbons (Fsp3) is 0.364. The number of carbonyl (C=O) groups excluding carboxylic acids is 1. The van der Waals surface area contributed by atoms with Gasteiger partial charge in [0.25, 0.3) is 0 Å². The zero-order chi connectivity index (χ0) is 11.3. The number of hydrogen-bond acceptors (Lipinski definition) is 2. The van der Waals surface area contributed by atoms with Gasteiger partial charge in [-0.3, -0.25) is 4.79 Å². The molecule has 0 radical (unpaired) electrons. The standard InChI is InChI=1S/C11H15ClN2O/c1-2-10(13)11(15)14-7-8-3-5-9(12)6-4-8/h3-6,10H,2,7,13H2,1H3,(H,14,15)/t10-/m0/s1. The maximum atomic E-state index is 11.4. The Morgan fingerprint density at radius 1 is 1.47 bits per heavy atom. The number of benzene rings is 1. The maximum Gasteiger partial charge on any atom is 0.237 e. The Morgan fingerprint density at radius 2 is 2.07 bits per heavy atom. The van der Waals surface area contributed by atoms with Crippen molar-refractivity contribution in [1.82, 2.24) is 5.32 Å². The highest BCUT2D eigenvalue weighted by molar-refractivity contribution is 6.30. The summed E-state index contributed by atoms with van der Waals surface area (Å²) in [5.74, 6) is -0.118. The van der Waals surface area contributed by atoms with E-state index in [4.69, 9.17) is 17.3 Å². The Hall–Kier alpha value is -1.06. The van der Waals surface area contributed by atoms with Gasteiger partial charge in [-0.2, -0.15) is 0 Å². The fourth-order valence-corrected chi connectivity index (χ4v) is 1.23. The van der Waals surface area contributed by atoms with Crippen molar-refractivity contribution in [3.05, 3.63) is 34.9 Å². The maximum absolute atomic E-state index is 11.4. The van der Waals surface area contributed by atoms with Crippen molar-refractivity contribution in [2.24, 2.45) is 5.73 Å². The summed E-state index contributed by atoms with van der Waals surface area (Å²) < 4.78 is 0. The van der Waals surface area contributed by atoms with Crippen LogP contribution in [0.2, 0.25) is 5.02 Å². The summed E-state index contributed by atoms with van der Waals surface area (Å²) in [5.41, 5.74) is 6.58. The fourth-order valence-electron chi connectivity index (χ4n) is 1.11. The van der Waals surface area contributed by atoms with E-state index in [-0.39, 0.29) is 5.91 Å². The summed E-state index contributed by atoms with van der Waals surface area (Å²) in [6.07, 6.45) is 0.645. The van der Waals surface area contributed by atoms with Crippen molar-refractivity contribution in [1.29, 1.82) is 0 Å². The van der Waals surface area contributed by atoms with Crippen molar-refractivity contribution in [2.75, 3.05) is 0 Å². The van der Waals surface area contributed by atoms with Crippen LogP contribution in [0.5, 0.6) is 0 Å².